The molecule has 1 heterocycles. The smallest absolute Gasteiger partial charge is 0.257 e. The molecule has 0 atom stereocenters. The van der Waals surface area contributed by atoms with Crippen LogP contribution >= 0.6 is 0 Å². The minimum absolute atomic E-state index is 0.0249. The van der Waals surface area contributed by atoms with Crippen LogP contribution in [-0.2, 0) is 11.2 Å². The van der Waals surface area contributed by atoms with E-state index in [1.54, 1.807) is 35.2 Å². The number of halogens is 1. The topological polar surface area (TPSA) is 58.6 Å². The Morgan fingerprint density at radius 3 is 2.52 bits per heavy atom. The molecule has 0 radical (unpaired) electrons. The molecule has 6 heteroatoms. The van der Waals surface area contributed by atoms with Gasteiger partial charge in [-0.25, -0.2) is 4.39 Å². The number of hydrogen-bond donors (Lipinski definition) is 1. The second-order valence-electron chi connectivity index (χ2n) is 7.13. The number of nitrogens with one attached hydrogen (secondary N) is 1. The van der Waals surface area contributed by atoms with E-state index in [4.69, 9.17) is 4.74 Å². The van der Waals surface area contributed by atoms with Gasteiger partial charge in [0.1, 0.15) is 11.6 Å². The van der Waals surface area contributed by atoms with Gasteiger partial charge in [0, 0.05) is 25.6 Å². The second kappa shape index (κ2) is 10.0. The predicted molar refractivity (Wildman–Crippen MR) is 109 cm³/mol. The molecule has 0 saturated carbocycles. The third-order valence-electron chi connectivity index (χ3n) is 5.22. The normalized spacial score (nSPS) is 14.5. The van der Waals surface area contributed by atoms with Crippen LogP contribution in [-0.4, -0.2) is 43.0 Å². The number of likely N-dealkylation sites (tertiary alicyclic amines) is 1. The minimum atomic E-state index is -0.249. The first-order valence-electron chi connectivity index (χ1n) is 10.1. The maximum atomic E-state index is 13.6. The van der Waals surface area contributed by atoms with Gasteiger partial charge >= 0.3 is 0 Å². The molecule has 0 aliphatic carbocycles. The standard InChI is InChI=1S/C23H27FN2O3/c1-2-29-21-10-6-4-8-19(21)23(28)26-15-12-18(13-16-26)22(27)25-14-11-17-7-3-5-9-20(17)24/h3-10,18H,2,11-16H2,1H3,(H,25,27). The summed E-state index contributed by atoms with van der Waals surface area (Å²) >= 11 is 0. The van der Waals surface area contributed by atoms with Gasteiger partial charge in [0.2, 0.25) is 5.91 Å². The van der Waals surface area contributed by atoms with Crippen molar-refractivity contribution in [2.75, 3.05) is 26.2 Å². The molecule has 1 aliphatic rings. The van der Waals surface area contributed by atoms with Gasteiger partial charge in [0.15, 0.2) is 0 Å². The maximum Gasteiger partial charge on any atom is 0.257 e. The molecule has 154 valence electrons. The zero-order valence-electron chi connectivity index (χ0n) is 16.7. The summed E-state index contributed by atoms with van der Waals surface area (Å²) in [6, 6.07) is 13.8. The van der Waals surface area contributed by atoms with Crippen LogP contribution in [0.2, 0.25) is 0 Å². The Hall–Kier alpha value is -2.89. The van der Waals surface area contributed by atoms with Crippen LogP contribution in [0.25, 0.3) is 0 Å². The van der Waals surface area contributed by atoms with Crippen LogP contribution in [0.15, 0.2) is 48.5 Å². The van der Waals surface area contributed by atoms with Gasteiger partial charge in [-0.15, -0.1) is 0 Å². The monoisotopic (exact) mass is 398 g/mol. The highest BCUT2D eigenvalue weighted by atomic mass is 19.1. The van der Waals surface area contributed by atoms with Gasteiger partial charge in [-0.3, -0.25) is 9.59 Å². The highest BCUT2D eigenvalue weighted by Gasteiger charge is 2.28. The summed E-state index contributed by atoms with van der Waals surface area (Å²) in [5, 5.41) is 2.90. The van der Waals surface area contributed by atoms with Crippen LogP contribution in [0.3, 0.4) is 0 Å². The molecule has 1 N–H and O–H groups in total. The average molecular weight is 398 g/mol. The number of carbonyl (C=O) groups is 2. The molecule has 2 aromatic rings. The van der Waals surface area contributed by atoms with Crippen molar-refractivity contribution in [2.45, 2.75) is 26.2 Å². The number of amides is 2. The van der Waals surface area contributed by atoms with Crippen molar-refractivity contribution in [2.24, 2.45) is 5.92 Å². The van der Waals surface area contributed by atoms with Gasteiger partial charge < -0.3 is 15.0 Å². The lowest BCUT2D eigenvalue weighted by Crippen LogP contribution is -2.43. The first-order valence-corrected chi connectivity index (χ1v) is 10.1. The van der Waals surface area contributed by atoms with Crippen LogP contribution in [0, 0.1) is 11.7 Å². The minimum Gasteiger partial charge on any atom is -0.493 e. The number of hydrogen-bond acceptors (Lipinski definition) is 3. The molecule has 3 rings (SSSR count). The van der Waals surface area contributed by atoms with E-state index in [1.165, 1.54) is 6.07 Å². The number of rotatable bonds is 7. The molecule has 1 saturated heterocycles. The highest BCUT2D eigenvalue weighted by Crippen LogP contribution is 2.24. The molecule has 2 amide bonds. The van der Waals surface area contributed by atoms with E-state index in [0.29, 0.717) is 62.4 Å². The Kier molecular flexibility index (Phi) is 7.22. The van der Waals surface area contributed by atoms with Crippen molar-refractivity contribution in [1.29, 1.82) is 0 Å². The highest BCUT2D eigenvalue weighted by molar-refractivity contribution is 5.97. The van der Waals surface area contributed by atoms with Crippen LogP contribution in [0.4, 0.5) is 4.39 Å². The summed E-state index contributed by atoms with van der Waals surface area (Å²) in [4.78, 5) is 27.1. The molecule has 1 aliphatic heterocycles. The van der Waals surface area contributed by atoms with Crippen molar-refractivity contribution >= 4 is 11.8 Å². The molecular formula is C23H27FN2O3. The van der Waals surface area contributed by atoms with E-state index in [1.807, 2.05) is 19.1 Å². The fraction of sp³-hybridized carbons (Fsp3) is 0.391. The fourth-order valence-electron chi connectivity index (χ4n) is 3.61. The third kappa shape index (κ3) is 5.34. The van der Waals surface area contributed by atoms with E-state index in [9.17, 15) is 14.0 Å². The van der Waals surface area contributed by atoms with Crippen molar-refractivity contribution in [3.05, 3.63) is 65.5 Å². The van der Waals surface area contributed by atoms with Crippen molar-refractivity contribution in [3.8, 4) is 5.75 Å². The van der Waals surface area contributed by atoms with Crippen LogP contribution in [0.5, 0.6) is 5.75 Å². The summed E-state index contributed by atoms with van der Waals surface area (Å²) in [6.45, 7) is 3.85. The van der Waals surface area contributed by atoms with E-state index in [2.05, 4.69) is 5.32 Å². The molecule has 0 spiro atoms. The molecule has 0 unspecified atom stereocenters. The first-order chi connectivity index (χ1) is 14.1. The Bertz CT molecular complexity index is 848. The van der Waals surface area contributed by atoms with Gasteiger partial charge in [-0.05, 0) is 49.9 Å². The number of carbonyl (C=O) groups excluding carboxylic acids is 2. The van der Waals surface area contributed by atoms with Crippen LogP contribution in [0.1, 0.15) is 35.7 Å². The SMILES string of the molecule is CCOc1ccccc1C(=O)N1CCC(C(=O)NCCc2ccccc2F)CC1. The largest absolute Gasteiger partial charge is 0.493 e. The lowest BCUT2D eigenvalue weighted by atomic mass is 9.95. The van der Waals surface area contributed by atoms with E-state index in [-0.39, 0.29) is 23.5 Å². The summed E-state index contributed by atoms with van der Waals surface area (Å²) in [7, 11) is 0. The van der Waals surface area contributed by atoms with Crippen molar-refractivity contribution in [3.63, 3.8) is 0 Å². The molecule has 29 heavy (non-hydrogen) atoms. The lowest BCUT2D eigenvalue weighted by Gasteiger charge is -2.31. The molecule has 1 fully saturated rings. The van der Waals surface area contributed by atoms with Gasteiger partial charge in [-0.1, -0.05) is 30.3 Å². The second-order valence-corrected chi connectivity index (χ2v) is 7.13. The summed E-state index contributed by atoms with van der Waals surface area (Å²) < 4.78 is 19.2. The zero-order valence-corrected chi connectivity index (χ0v) is 16.7. The maximum absolute atomic E-state index is 13.6. The Labute approximate surface area is 170 Å². The van der Waals surface area contributed by atoms with Crippen molar-refractivity contribution in [1.82, 2.24) is 10.2 Å². The number of benzene rings is 2. The van der Waals surface area contributed by atoms with Gasteiger partial charge in [0.05, 0.1) is 12.2 Å². The quantitative estimate of drug-likeness (QED) is 0.777. The van der Waals surface area contributed by atoms with Gasteiger partial charge in [0.25, 0.3) is 5.91 Å². The Balaban J connectivity index is 1.48. The molecule has 0 bridgehead atoms. The number of nitrogens with zero attached hydrogens (tertiary/aromatic N) is 1. The lowest BCUT2D eigenvalue weighted by molar-refractivity contribution is -0.126. The van der Waals surface area contributed by atoms with Crippen molar-refractivity contribution < 1.29 is 18.7 Å². The Morgan fingerprint density at radius 1 is 1.10 bits per heavy atom. The molecule has 5 nitrogen and oxygen atoms in total. The average Bonchev–Trinajstić information content (AvgIpc) is 2.75. The fourth-order valence-corrected chi connectivity index (χ4v) is 3.61. The summed E-state index contributed by atoms with van der Waals surface area (Å²) in [5.41, 5.74) is 1.16. The zero-order chi connectivity index (χ0) is 20.6. The summed E-state index contributed by atoms with van der Waals surface area (Å²) in [5.74, 6) is 0.131. The van der Waals surface area contributed by atoms with E-state index < -0.39 is 0 Å². The van der Waals surface area contributed by atoms with Crippen LogP contribution < -0.4 is 10.1 Å². The Morgan fingerprint density at radius 2 is 1.79 bits per heavy atom. The number of ether oxygens (including phenoxy) is 1. The molecular weight excluding hydrogens is 371 g/mol. The molecule has 0 aromatic heterocycles. The van der Waals surface area contributed by atoms with E-state index >= 15 is 0 Å². The summed E-state index contributed by atoms with van der Waals surface area (Å²) in [6.07, 6.45) is 1.70. The number of para-hydroxylation sites is 1. The predicted octanol–water partition coefficient (Wildman–Crippen LogP) is 3.44. The van der Waals surface area contributed by atoms with E-state index in [0.717, 1.165) is 0 Å². The number of piperidine rings is 1. The third-order valence-corrected chi connectivity index (χ3v) is 5.22. The molecule has 2 aromatic carbocycles. The first kappa shape index (κ1) is 20.8. The van der Waals surface area contributed by atoms with Gasteiger partial charge in [-0.2, -0.15) is 0 Å².